The van der Waals surface area contributed by atoms with Crippen molar-refractivity contribution in [3.8, 4) is 0 Å². The average Bonchev–Trinajstić information content (AvgIpc) is 3.56. The highest BCUT2D eigenvalue weighted by Crippen LogP contribution is 2.27. The predicted molar refractivity (Wildman–Crippen MR) is 219 cm³/mol. The number of carbonyl (C=O) groups excluding carboxylic acids is 5. The molecule has 0 aliphatic heterocycles. The maximum Gasteiger partial charge on any atom is 0.220 e. The number of carbonyl (C=O) groups is 5. The summed E-state index contributed by atoms with van der Waals surface area (Å²) >= 11 is 1.65. The molecule has 14 heteroatoms. The van der Waals surface area contributed by atoms with Crippen LogP contribution in [0.1, 0.15) is 117 Å². The number of aryl methyl sites for hydroxylation is 1. The molecule has 2 rings (SSSR count). The van der Waals surface area contributed by atoms with E-state index in [0.29, 0.717) is 44.1 Å². The standard InChI is InChI=1S/C19H26N2O2S.C12H24N2O2.C2H6O.C2H6.CH3NO.2CH5N/c1-5-13(4)16(11-22)20-18(23)8-9-19-21-15-7-6-14(12(2)3)10-17(15)24-19;1-10(2)8-11(9-15)14-12(16)6-4-3-5-7-13;1-3-2;1-2;2-1-3;2*1-2/h6-7,10-13,16H,5,8-9H2,1-4H3,(H,20,23);9-11H,3-8,13H2,1-2H3,(H,14,16);1-2H3;1-2H3;1H,(H2,2,3);2*2H2,1H3. The van der Waals surface area contributed by atoms with E-state index < -0.39 is 6.04 Å². The molecule has 0 spiro atoms. The number of nitrogens with one attached hydrogen (secondary N) is 2. The molecule has 1 aromatic heterocycles. The van der Waals surface area contributed by atoms with Crippen LogP contribution in [0, 0.1) is 11.8 Å². The number of rotatable bonds is 17. The molecule has 2 aromatic rings. The molecule has 1 aromatic carbocycles. The van der Waals surface area contributed by atoms with Crippen molar-refractivity contribution in [3.05, 3.63) is 28.8 Å². The molecule has 0 saturated heterocycles. The fourth-order valence-electron chi connectivity index (χ4n) is 4.04. The monoisotopic (exact) mass is 758 g/mol. The van der Waals surface area contributed by atoms with E-state index >= 15 is 0 Å². The van der Waals surface area contributed by atoms with E-state index in [1.54, 1.807) is 25.6 Å². The van der Waals surface area contributed by atoms with Gasteiger partial charge >= 0.3 is 0 Å². The Morgan fingerprint density at radius 1 is 0.885 bits per heavy atom. The second-order valence-electron chi connectivity index (χ2n) is 11.7. The van der Waals surface area contributed by atoms with Gasteiger partial charge in [0.25, 0.3) is 0 Å². The molecule has 3 amide bonds. The summed E-state index contributed by atoms with van der Waals surface area (Å²) in [6, 6.07) is 5.63. The maximum atomic E-state index is 12.1. The molecule has 0 aliphatic rings. The minimum Gasteiger partial charge on any atom is -0.388 e. The van der Waals surface area contributed by atoms with Gasteiger partial charge in [0.2, 0.25) is 18.2 Å². The molecule has 304 valence electrons. The van der Waals surface area contributed by atoms with Crippen molar-refractivity contribution >= 4 is 52.4 Å². The molecular weight excluding hydrogens is 683 g/mol. The number of nitrogens with two attached hydrogens (primary N) is 4. The Morgan fingerprint density at radius 3 is 1.87 bits per heavy atom. The Hall–Kier alpha value is -3.30. The molecule has 0 radical (unpaired) electrons. The molecule has 3 atom stereocenters. The van der Waals surface area contributed by atoms with Gasteiger partial charge in [-0.2, -0.15) is 0 Å². The minimum atomic E-state index is -0.397. The lowest BCUT2D eigenvalue weighted by Crippen LogP contribution is -2.40. The smallest absolute Gasteiger partial charge is 0.220 e. The zero-order chi connectivity index (χ0) is 41.5. The number of hydrogen-bond acceptors (Lipinski definition) is 11. The number of aldehydes is 2. The highest BCUT2D eigenvalue weighted by atomic mass is 32.1. The van der Waals surface area contributed by atoms with Gasteiger partial charge in [0, 0.05) is 33.5 Å². The van der Waals surface area contributed by atoms with Gasteiger partial charge in [0.05, 0.1) is 27.3 Å². The second kappa shape index (κ2) is 42.1. The Kier molecular flexibility index (Phi) is 47.0. The van der Waals surface area contributed by atoms with Crippen molar-refractivity contribution in [1.29, 1.82) is 0 Å². The first-order valence-corrected chi connectivity index (χ1v) is 19.0. The van der Waals surface area contributed by atoms with Crippen LogP contribution in [0.25, 0.3) is 10.2 Å². The summed E-state index contributed by atoms with van der Waals surface area (Å²) in [6.45, 7) is 17.1. The summed E-state index contributed by atoms with van der Waals surface area (Å²) in [5.74, 6) is 0.937. The van der Waals surface area contributed by atoms with Gasteiger partial charge in [-0.15, -0.1) is 11.3 Å². The fraction of sp³-hybridized carbons (Fsp3) is 0.684. The van der Waals surface area contributed by atoms with Crippen LogP contribution >= 0.6 is 11.3 Å². The Bertz CT molecular complexity index is 1130. The highest BCUT2D eigenvalue weighted by Gasteiger charge is 2.18. The summed E-state index contributed by atoms with van der Waals surface area (Å²) in [5.41, 5.74) is 20.8. The van der Waals surface area contributed by atoms with E-state index in [0.717, 1.165) is 48.8 Å². The number of amides is 3. The Morgan fingerprint density at radius 2 is 1.42 bits per heavy atom. The first kappa shape index (κ1) is 58.0. The van der Waals surface area contributed by atoms with E-state index in [4.69, 9.17) is 10.5 Å². The Labute approximate surface area is 319 Å². The van der Waals surface area contributed by atoms with Crippen molar-refractivity contribution in [3.63, 3.8) is 0 Å². The first-order chi connectivity index (χ1) is 24.9. The molecule has 0 saturated carbocycles. The third-order valence-corrected chi connectivity index (χ3v) is 7.84. The van der Waals surface area contributed by atoms with Crippen LogP contribution in [0.15, 0.2) is 18.2 Å². The second-order valence-corrected chi connectivity index (χ2v) is 12.8. The number of unbranched alkanes of at least 4 members (excludes halogenated alkanes) is 2. The first-order valence-electron chi connectivity index (χ1n) is 18.2. The lowest BCUT2D eigenvalue weighted by molar-refractivity contribution is -0.124. The van der Waals surface area contributed by atoms with Crippen LogP contribution in [0.5, 0.6) is 0 Å². The summed E-state index contributed by atoms with van der Waals surface area (Å²) < 4.78 is 5.42. The Balaban J connectivity index is -0.000000227. The van der Waals surface area contributed by atoms with Crippen LogP contribution in [-0.4, -0.2) is 82.7 Å². The average molecular weight is 758 g/mol. The number of primary amides is 1. The molecule has 0 aliphatic carbocycles. The number of aromatic nitrogens is 1. The van der Waals surface area contributed by atoms with Crippen molar-refractivity contribution in [1.82, 2.24) is 15.6 Å². The van der Waals surface area contributed by atoms with Crippen LogP contribution < -0.4 is 33.6 Å². The van der Waals surface area contributed by atoms with Crippen LogP contribution in [0.4, 0.5) is 0 Å². The minimum absolute atomic E-state index is 0.0326. The van der Waals surface area contributed by atoms with E-state index in [1.165, 1.54) is 24.4 Å². The number of ether oxygens (including phenoxy) is 1. The van der Waals surface area contributed by atoms with Crippen LogP contribution in [0.3, 0.4) is 0 Å². The van der Waals surface area contributed by atoms with Crippen molar-refractivity contribution < 1.29 is 28.7 Å². The van der Waals surface area contributed by atoms with E-state index in [9.17, 15) is 19.2 Å². The van der Waals surface area contributed by atoms with E-state index in [1.807, 2.05) is 41.5 Å². The lowest BCUT2D eigenvalue weighted by Gasteiger charge is -2.18. The molecule has 0 bridgehead atoms. The highest BCUT2D eigenvalue weighted by molar-refractivity contribution is 7.18. The fourth-order valence-corrected chi connectivity index (χ4v) is 5.06. The van der Waals surface area contributed by atoms with E-state index in [-0.39, 0.29) is 30.2 Å². The zero-order valence-electron chi connectivity index (χ0n) is 34.3. The molecule has 10 N–H and O–H groups in total. The molecule has 3 unspecified atom stereocenters. The van der Waals surface area contributed by atoms with Gasteiger partial charge in [-0.05, 0) is 75.4 Å². The third kappa shape index (κ3) is 32.6. The number of methoxy groups -OCH3 is 1. The summed E-state index contributed by atoms with van der Waals surface area (Å²) in [6.07, 6.45) is 7.69. The molecule has 1 heterocycles. The quantitative estimate of drug-likeness (QED) is 0.0947. The number of nitrogens with zero attached hydrogens (tertiary/aromatic N) is 1. The summed E-state index contributed by atoms with van der Waals surface area (Å²) in [5, 5.41) is 6.52. The van der Waals surface area contributed by atoms with Crippen molar-refractivity contribution in [2.75, 3.05) is 34.9 Å². The van der Waals surface area contributed by atoms with Gasteiger partial charge in [0.1, 0.15) is 12.6 Å². The lowest BCUT2D eigenvalue weighted by atomic mass is 10.0. The topological polar surface area (TPSA) is 236 Å². The third-order valence-electron chi connectivity index (χ3n) is 6.76. The predicted octanol–water partition coefficient (Wildman–Crippen LogP) is 4.86. The number of thiazole rings is 1. The van der Waals surface area contributed by atoms with Gasteiger partial charge < -0.3 is 47.9 Å². The van der Waals surface area contributed by atoms with E-state index in [2.05, 4.69) is 69.6 Å². The number of hydrogen-bond donors (Lipinski definition) is 6. The van der Waals surface area contributed by atoms with Crippen LogP contribution in [0.2, 0.25) is 0 Å². The molecule has 0 fully saturated rings. The molecule has 52 heavy (non-hydrogen) atoms. The van der Waals surface area contributed by atoms with Gasteiger partial charge in [0.15, 0.2) is 0 Å². The normalized spacial score (nSPS) is 11.2. The van der Waals surface area contributed by atoms with Crippen LogP contribution in [-0.2, 0) is 35.1 Å². The molecular formula is C38H75N7O6S. The summed E-state index contributed by atoms with van der Waals surface area (Å²) in [7, 11) is 6.25. The van der Waals surface area contributed by atoms with Crippen molar-refractivity contribution in [2.24, 2.45) is 34.8 Å². The number of fused-ring (bicyclic) bond motifs is 1. The maximum absolute atomic E-state index is 12.1. The number of benzene rings is 1. The van der Waals surface area contributed by atoms with Gasteiger partial charge in [-0.25, -0.2) is 4.98 Å². The SMILES string of the molecule is CC.CC(C)CC(C=O)NC(=O)CCCCCN.CCC(C)C(C=O)NC(=O)CCc1nc2ccc(C(C)C)cc2s1.CN.CN.COC.NC=O. The van der Waals surface area contributed by atoms with Gasteiger partial charge in [-0.3, -0.25) is 14.4 Å². The zero-order valence-corrected chi connectivity index (χ0v) is 35.1. The summed E-state index contributed by atoms with van der Waals surface area (Å²) in [4.78, 5) is 58.5. The van der Waals surface area contributed by atoms with Crippen molar-refractivity contribution in [2.45, 2.75) is 125 Å². The largest absolute Gasteiger partial charge is 0.388 e. The van der Waals surface area contributed by atoms with Gasteiger partial charge in [-0.1, -0.05) is 74.3 Å². The molecule has 13 nitrogen and oxygen atoms in total.